The first-order valence-electron chi connectivity index (χ1n) is 5.51. The van der Waals surface area contributed by atoms with Gasteiger partial charge in [0.2, 0.25) is 0 Å². The molecule has 0 aliphatic rings. The van der Waals surface area contributed by atoms with Crippen molar-refractivity contribution in [2.75, 3.05) is 5.32 Å². The van der Waals surface area contributed by atoms with E-state index < -0.39 is 0 Å². The number of hydrogen-bond donors (Lipinski definition) is 1. The van der Waals surface area contributed by atoms with Crippen molar-refractivity contribution in [1.82, 2.24) is 4.98 Å². The maximum absolute atomic E-state index is 5.76. The fourth-order valence-electron chi connectivity index (χ4n) is 1.87. The molecule has 2 aromatic heterocycles. The standard InChI is InChI=1S/C13H15ClN2S/c1-8-6-12(10(3)17-8)9(2)16-11-4-5-13(14)15-7-11/h4-7,9,16H,1-3H3. The lowest BCUT2D eigenvalue weighted by molar-refractivity contribution is 0.880. The molecule has 1 atom stereocenters. The van der Waals surface area contributed by atoms with E-state index in [1.54, 1.807) is 12.3 Å². The Morgan fingerprint density at radius 1 is 1.35 bits per heavy atom. The van der Waals surface area contributed by atoms with Gasteiger partial charge in [0.25, 0.3) is 0 Å². The number of rotatable bonds is 3. The predicted molar refractivity (Wildman–Crippen MR) is 75.1 cm³/mol. The summed E-state index contributed by atoms with van der Waals surface area (Å²) in [6, 6.07) is 6.26. The lowest BCUT2D eigenvalue weighted by Crippen LogP contribution is -2.06. The molecule has 90 valence electrons. The van der Waals surface area contributed by atoms with Crippen molar-refractivity contribution in [3.63, 3.8) is 0 Å². The van der Waals surface area contributed by atoms with Crippen molar-refractivity contribution >= 4 is 28.6 Å². The van der Waals surface area contributed by atoms with Gasteiger partial charge in [0.1, 0.15) is 5.15 Å². The molecule has 0 amide bonds. The van der Waals surface area contributed by atoms with Crippen molar-refractivity contribution in [1.29, 1.82) is 0 Å². The number of halogens is 1. The summed E-state index contributed by atoms with van der Waals surface area (Å²) in [6.07, 6.45) is 1.76. The van der Waals surface area contributed by atoms with Gasteiger partial charge in [0.05, 0.1) is 11.9 Å². The molecule has 0 spiro atoms. The van der Waals surface area contributed by atoms with Crippen LogP contribution in [0.4, 0.5) is 5.69 Å². The van der Waals surface area contributed by atoms with Crippen LogP contribution in [0.25, 0.3) is 0 Å². The van der Waals surface area contributed by atoms with Crippen LogP contribution in [-0.2, 0) is 0 Å². The van der Waals surface area contributed by atoms with Gasteiger partial charge in [-0.25, -0.2) is 4.98 Å². The van der Waals surface area contributed by atoms with Crippen LogP contribution in [0.15, 0.2) is 24.4 Å². The Morgan fingerprint density at radius 2 is 2.12 bits per heavy atom. The van der Waals surface area contributed by atoms with E-state index in [-0.39, 0.29) is 6.04 Å². The highest BCUT2D eigenvalue weighted by Crippen LogP contribution is 2.28. The minimum Gasteiger partial charge on any atom is -0.377 e. The summed E-state index contributed by atoms with van der Waals surface area (Å²) in [5.41, 5.74) is 2.34. The maximum Gasteiger partial charge on any atom is 0.129 e. The second-order valence-electron chi connectivity index (χ2n) is 4.10. The van der Waals surface area contributed by atoms with Gasteiger partial charge in [0.15, 0.2) is 0 Å². The first-order chi connectivity index (χ1) is 8.06. The number of nitrogens with zero attached hydrogens (tertiary/aromatic N) is 1. The highest BCUT2D eigenvalue weighted by molar-refractivity contribution is 7.12. The molecule has 0 aliphatic carbocycles. The number of aryl methyl sites for hydroxylation is 2. The van der Waals surface area contributed by atoms with E-state index >= 15 is 0 Å². The zero-order valence-electron chi connectivity index (χ0n) is 10.1. The van der Waals surface area contributed by atoms with E-state index in [1.807, 2.05) is 17.4 Å². The van der Waals surface area contributed by atoms with Crippen molar-refractivity contribution in [3.05, 3.63) is 44.9 Å². The molecule has 0 fully saturated rings. The fraction of sp³-hybridized carbons (Fsp3) is 0.308. The third kappa shape index (κ3) is 2.99. The molecular weight excluding hydrogens is 252 g/mol. The number of nitrogens with one attached hydrogen (secondary N) is 1. The van der Waals surface area contributed by atoms with Gasteiger partial charge >= 0.3 is 0 Å². The second-order valence-corrected chi connectivity index (χ2v) is 5.95. The first-order valence-corrected chi connectivity index (χ1v) is 6.70. The first kappa shape index (κ1) is 12.4. The zero-order chi connectivity index (χ0) is 12.4. The molecule has 1 N–H and O–H groups in total. The summed E-state index contributed by atoms with van der Waals surface area (Å²) in [5.74, 6) is 0. The minimum atomic E-state index is 0.280. The molecule has 0 aromatic carbocycles. The summed E-state index contributed by atoms with van der Waals surface area (Å²) in [5, 5.41) is 3.94. The third-order valence-corrected chi connectivity index (χ3v) is 3.86. The van der Waals surface area contributed by atoms with E-state index in [1.165, 1.54) is 15.3 Å². The Balaban J connectivity index is 2.14. The van der Waals surface area contributed by atoms with Crippen LogP contribution in [0.1, 0.15) is 28.3 Å². The van der Waals surface area contributed by atoms with Gasteiger partial charge in [0, 0.05) is 15.8 Å². The Labute approximate surface area is 111 Å². The van der Waals surface area contributed by atoms with E-state index in [0.717, 1.165) is 5.69 Å². The van der Waals surface area contributed by atoms with Gasteiger partial charge in [-0.3, -0.25) is 0 Å². The number of thiophene rings is 1. The van der Waals surface area contributed by atoms with Crippen LogP contribution in [-0.4, -0.2) is 4.98 Å². The fourth-order valence-corrected chi connectivity index (χ4v) is 3.00. The molecule has 2 heterocycles. The van der Waals surface area contributed by atoms with Crippen molar-refractivity contribution in [2.45, 2.75) is 26.8 Å². The predicted octanol–water partition coefficient (Wildman–Crippen LogP) is 4.59. The molecule has 0 bridgehead atoms. The molecule has 0 aliphatic heterocycles. The van der Waals surface area contributed by atoms with Crippen LogP contribution in [0.2, 0.25) is 5.15 Å². The Kier molecular flexibility index (Phi) is 3.69. The molecule has 2 aromatic rings. The number of anilines is 1. The molecule has 4 heteroatoms. The zero-order valence-corrected chi connectivity index (χ0v) is 11.7. The second kappa shape index (κ2) is 5.07. The Bertz CT molecular complexity index is 505. The number of pyridine rings is 1. The minimum absolute atomic E-state index is 0.280. The third-order valence-electron chi connectivity index (χ3n) is 2.66. The van der Waals surface area contributed by atoms with Crippen molar-refractivity contribution in [2.24, 2.45) is 0 Å². The molecular formula is C13H15ClN2S. The highest BCUT2D eigenvalue weighted by atomic mass is 35.5. The largest absolute Gasteiger partial charge is 0.377 e. The van der Waals surface area contributed by atoms with Crippen LogP contribution in [0.5, 0.6) is 0 Å². The summed E-state index contributed by atoms with van der Waals surface area (Å²) in [4.78, 5) is 6.77. The van der Waals surface area contributed by atoms with Gasteiger partial charge in [-0.05, 0) is 44.5 Å². The molecule has 0 radical (unpaired) electrons. The van der Waals surface area contributed by atoms with E-state index in [9.17, 15) is 0 Å². The summed E-state index contributed by atoms with van der Waals surface area (Å²) < 4.78 is 0. The SMILES string of the molecule is Cc1cc(C(C)Nc2ccc(Cl)nc2)c(C)s1. The molecule has 0 saturated heterocycles. The van der Waals surface area contributed by atoms with Crippen LogP contribution < -0.4 is 5.32 Å². The molecule has 2 nitrogen and oxygen atoms in total. The lowest BCUT2D eigenvalue weighted by atomic mass is 10.1. The Hall–Kier alpha value is -1.06. The van der Waals surface area contributed by atoms with Gasteiger partial charge < -0.3 is 5.32 Å². The van der Waals surface area contributed by atoms with Gasteiger partial charge in [-0.2, -0.15) is 0 Å². The van der Waals surface area contributed by atoms with Gasteiger partial charge in [-0.1, -0.05) is 11.6 Å². The van der Waals surface area contributed by atoms with E-state index in [4.69, 9.17) is 11.6 Å². The average Bonchev–Trinajstić information content (AvgIpc) is 2.61. The maximum atomic E-state index is 5.76. The summed E-state index contributed by atoms with van der Waals surface area (Å²) in [7, 11) is 0. The van der Waals surface area contributed by atoms with Crippen LogP contribution in [0.3, 0.4) is 0 Å². The average molecular weight is 267 g/mol. The number of hydrogen-bond acceptors (Lipinski definition) is 3. The highest BCUT2D eigenvalue weighted by Gasteiger charge is 2.10. The van der Waals surface area contributed by atoms with Crippen LogP contribution in [0, 0.1) is 13.8 Å². The van der Waals surface area contributed by atoms with Crippen molar-refractivity contribution < 1.29 is 0 Å². The monoisotopic (exact) mass is 266 g/mol. The molecule has 2 rings (SSSR count). The topological polar surface area (TPSA) is 24.9 Å². The van der Waals surface area contributed by atoms with E-state index in [0.29, 0.717) is 5.15 Å². The Morgan fingerprint density at radius 3 is 2.65 bits per heavy atom. The normalized spacial score (nSPS) is 12.5. The van der Waals surface area contributed by atoms with Crippen molar-refractivity contribution in [3.8, 4) is 0 Å². The quantitative estimate of drug-likeness (QED) is 0.822. The molecule has 17 heavy (non-hydrogen) atoms. The molecule has 0 saturated carbocycles. The molecule has 1 unspecified atom stereocenters. The smallest absolute Gasteiger partial charge is 0.129 e. The van der Waals surface area contributed by atoms with E-state index in [2.05, 4.69) is 37.1 Å². The van der Waals surface area contributed by atoms with Gasteiger partial charge in [-0.15, -0.1) is 11.3 Å². The van der Waals surface area contributed by atoms with Crippen LogP contribution >= 0.6 is 22.9 Å². The number of aromatic nitrogens is 1. The summed E-state index contributed by atoms with van der Waals surface area (Å²) in [6.45, 7) is 6.45. The summed E-state index contributed by atoms with van der Waals surface area (Å²) >= 11 is 7.59. The lowest BCUT2D eigenvalue weighted by Gasteiger charge is -2.15.